The van der Waals surface area contributed by atoms with Gasteiger partial charge >= 0.3 is 0 Å². The lowest BCUT2D eigenvalue weighted by molar-refractivity contribution is -0.136. The number of rotatable bonds is 4. The van der Waals surface area contributed by atoms with Crippen molar-refractivity contribution in [3.05, 3.63) is 68.7 Å². The van der Waals surface area contributed by atoms with Gasteiger partial charge in [0.2, 0.25) is 11.8 Å². The molecular weight excluding hydrogens is 485 g/mol. The number of nitrogens with one attached hydrogen (secondary N) is 2. The van der Waals surface area contributed by atoms with E-state index in [0.29, 0.717) is 34.6 Å². The highest BCUT2D eigenvalue weighted by Gasteiger charge is 2.38. The fraction of sp³-hybridized carbons (Fsp3) is 0.444. The highest BCUT2D eigenvalue weighted by atomic mass is 35.5. The summed E-state index contributed by atoms with van der Waals surface area (Å²) in [4.78, 5) is 36.8. The van der Waals surface area contributed by atoms with Gasteiger partial charge in [-0.05, 0) is 61.6 Å². The van der Waals surface area contributed by atoms with Gasteiger partial charge in [-0.15, -0.1) is 0 Å². The number of imide groups is 1. The third kappa shape index (κ3) is 6.63. The van der Waals surface area contributed by atoms with Gasteiger partial charge in [-0.25, -0.2) is 0 Å². The lowest BCUT2D eigenvalue weighted by atomic mass is 9.95. The van der Waals surface area contributed by atoms with Crippen LogP contribution in [0.1, 0.15) is 72.0 Å². The van der Waals surface area contributed by atoms with Gasteiger partial charge in [0.15, 0.2) is 0 Å². The van der Waals surface area contributed by atoms with Crippen molar-refractivity contribution in [2.75, 3.05) is 0 Å². The van der Waals surface area contributed by atoms with Gasteiger partial charge < -0.3 is 10.2 Å². The molecule has 2 aliphatic heterocycles. The van der Waals surface area contributed by atoms with E-state index in [9.17, 15) is 14.4 Å². The first-order chi connectivity index (χ1) is 16.8. The molecule has 1 saturated heterocycles. The maximum Gasteiger partial charge on any atom is 0.255 e. The second-order valence-corrected chi connectivity index (χ2v) is 10.4. The van der Waals surface area contributed by atoms with E-state index in [2.05, 4.69) is 10.6 Å². The molecule has 0 aromatic heterocycles. The maximum atomic E-state index is 12.3. The Bertz CT molecular complexity index is 1090. The van der Waals surface area contributed by atoms with Crippen LogP contribution < -0.4 is 10.6 Å². The molecule has 0 spiro atoms. The van der Waals surface area contributed by atoms with E-state index in [1.807, 2.05) is 31.2 Å². The molecular formula is C27H31Cl2N3O3. The van der Waals surface area contributed by atoms with E-state index in [1.54, 1.807) is 17.0 Å². The monoisotopic (exact) mass is 515 g/mol. The Balaban J connectivity index is 0.000000168. The van der Waals surface area contributed by atoms with Crippen LogP contribution in [0.3, 0.4) is 0 Å². The molecule has 2 N–H and O–H groups in total. The molecule has 1 unspecified atom stereocenters. The third-order valence-corrected chi connectivity index (χ3v) is 7.24. The van der Waals surface area contributed by atoms with Crippen LogP contribution in [0.15, 0.2) is 36.4 Å². The first kappa shape index (κ1) is 25.7. The SMILES string of the molecule is Cc1ccc2c(c1)CN(C1CCC(=O)NC1=O)C2=O.Clc1cc(Cl)cc(CNC2CCCCC2)c1. The van der Waals surface area contributed by atoms with Gasteiger partial charge in [0, 0.05) is 41.2 Å². The molecule has 1 atom stereocenters. The topological polar surface area (TPSA) is 78.5 Å². The molecule has 3 aliphatic rings. The van der Waals surface area contributed by atoms with Crippen LogP contribution in [-0.2, 0) is 22.7 Å². The van der Waals surface area contributed by atoms with Gasteiger partial charge in [0.1, 0.15) is 6.04 Å². The summed E-state index contributed by atoms with van der Waals surface area (Å²) in [5.74, 6) is -0.750. The number of hydrogen-bond acceptors (Lipinski definition) is 4. The Labute approximate surface area is 216 Å². The standard InChI is InChI=1S/C14H14N2O3.C13H17Cl2N/c1-8-2-3-10-9(6-8)7-16(14(10)19)11-4-5-12(17)15-13(11)18;14-11-6-10(7-12(15)8-11)9-16-13-4-2-1-3-5-13/h2-3,6,11H,4-5,7H2,1H3,(H,15,17,18);6-8,13,16H,1-5,9H2. The molecule has 2 aromatic rings. The predicted octanol–water partition coefficient (Wildman–Crippen LogP) is 5.17. The van der Waals surface area contributed by atoms with E-state index in [-0.39, 0.29) is 24.1 Å². The van der Waals surface area contributed by atoms with Crippen LogP contribution in [-0.4, -0.2) is 34.7 Å². The van der Waals surface area contributed by atoms with Crippen molar-refractivity contribution < 1.29 is 14.4 Å². The quantitative estimate of drug-likeness (QED) is 0.550. The molecule has 6 nitrogen and oxygen atoms in total. The van der Waals surface area contributed by atoms with E-state index in [1.165, 1.54) is 37.7 Å². The van der Waals surface area contributed by atoms with Crippen LogP contribution in [0.25, 0.3) is 0 Å². The lowest BCUT2D eigenvalue weighted by Crippen LogP contribution is -2.52. The molecule has 1 aliphatic carbocycles. The van der Waals surface area contributed by atoms with Crippen molar-refractivity contribution >= 4 is 40.9 Å². The Hall–Kier alpha value is -2.41. The number of hydrogen-bond donors (Lipinski definition) is 2. The summed E-state index contributed by atoms with van der Waals surface area (Å²) in [5.41, 5.74) is 3.88. The maximum absolute atomic E-state index is 12.3. The van der Waals surface area contributed by atoms with Crippen molar-refractivity contribution in [1.82, 2.24) is 15.5 Å². The van der Waals surface area contributed by atoms with E-state index in [0.717, 1.165) is 17.7 Å². The molecule has 5 rings (SSSR count). The smallest absolute Gasteiger partial charge is 0.255 e. The molecule has 0 radical (unpaired) electrons. The normalized spacial score (nSPS) is 20.3. The van der Waals surface area contributed by atoms with Crippen molar-refractivity contribution in [2.24, 2.45) is 0 Å². The summed E-state index contributed by atoms with van der Waals surface area (Å²) in [7, 11) is 0. The predicted molar refractivity (Wildman–Crippen MR) is 137 cm³/mol. The Morgan fingerprint density at radius 2 is 1.69 bits per heavy atom. The zero-order valence-electron chi connectivity index (χ0n) is 19.9. The summed E-state index contributed by atoms with van der Waals surface area (Å²) in [6, 6.07) is 11.5. The summed E-state index contributed by atoms with van der Waals surface area (Å²) in [6.07, 6.45) is 7.39. The Morgan fingerprint density at radius 3 is 2.37 bits per heavy atom. The summed E-state index contributed by atoms with van der Waals surface area (Å²) in [5, 5.41) is 7.30. The average molecular weight is 516 g/mol. The number of benzene rings is 2. The largest absolute Gasteiger partial charge is 0.322 e. The number of amides is 3. The van der Waals surface area contributed by atoms with Crippen LogP contribution >= 0.6 is 23.2 Å². The van der Waals surface area contributed by atoms with Crippen LogP contribution in [0, 0.1) is 6.92 Å². The zero-order valence-corrected chi connectivity index (χ0v) is 21.4. The highest BCUT2D eigenvalue weighted by Crippen LogP contribution is 2.28. The molecule has 2 fully saturated rings. The molecule has 3 amide bonds. The van der Waals surface area contributed by atoms with Crippen LogP contribution in [0.2, 0.25) is 10.0 Å². The van der Waals surface area contributed by atoms with E-state index >= 15 is 0 Å². The molecule has 186 valence electrons. The van der Waals surface area contributed by atoms with Crippen molar-refractivity contribution in [1.29, 1.82) is 0 Å². The number of halogens is 2. The minimum absolute atomic E-state index is 0.121. The Kier molecular flexibility index (Phi) is 8.47. The van der Waals surface area contributed by atoms with Gasteiger partial charge in [0.05, 0.1) is 0 Å². The summed E-state index contributed by atoms with van der Waals surface area (Å²) >= 11 is 11.9. The summed E-state index contributed by atoms with van der Waals surface area (Å²) < 4.78 is 0. The fourth-order valence-electron chi connectivity index (χ4n) is 4.99. The fourth-order valence-corrected chi connectivity index (χ4v) is 5.56. The van der Waals surface area contributed by atoms with E-state index in [4.69, 9.17) is 23.2 Å². The first-order valence-corrected chi connectivity index (χ1v) is 13.0. The van der Waals surface area contributed by atoms with Gasteiger partial charge in [-0.1, -0.05) is 60.2 Å². The van der Waals surface area contributed by atoms with Gasteiger partial charge in [0.25, 0.3) is 5.91 Å². The number of fused-ring (bicyclic) bond motifs is 1. The van der Waals surface area contributed by atoms with Crippen molar-refractivity contribution in [2.45, 2.75) is 77.0 Å². The zero-order chi connectivity index (χ0) is 24.9. The highest BCUT2D eigenvalue weighted by molar-refractivity contribution is 6.34. The van der Waals surface area contributed by atoms with Crippen molar-refractivity contribution in [3.63, 3.8) is 0 Å². The molecule has 35 heavy (non-hydrogen) atoms. The van der Waals surface area contributed by atoms with Crippen molar-refractivity contribution in [3.8, 4) is 0 Å². The van der Waals surface area contributed by atoms with Crippen LogP contribution in [0.5, 0.6) is 0 Å². The van der Waals surface area contributed by atoms with E-state index < -0.39 is 6.04 Å². The average Bonchev–Trinajstić information content (AvgIpc) is 3.13. The number of nitrogens with zero attached hydrogens (tertiary/aromatic N) is 1. The van der Waals surface area contributed by atoms with Gasteiger partial charge in [-0.3, -0.25) is 19.7 Å². The number of piperidine rings is 1. The second-order valence-electron chi connectivity index (χ2n) is 9.55. The third-order valence-electron chi connectivity index (χ3n) is 6.80. The molecule has 2 aromatic carbocycles. The molecule has 1 saturated carbocycles. The van der Waals surface area contributed by atoms with Gasteiger partial charge in [-0.2, -0.15) is 0 Å². The number of carbonyl (C=O) groups is 3. The lowest BCUT2D eigenvalue weighted by Gasteiger charge is -2.29. The van der Waals surface area contributed by atoms with Crippen LogP contribution in [0.4, 0.5) is 0 Å². The second kappa shape index (κ2) is 11.5. The molecule has 8 heteroatoms. The minimum atomic E-state index is -0.530. The molecule has 2 heterocycles. The molecule has 0 bridgehead atoms. The summed E-state index contributed by atoms with van der Waals surface area (Å²) in [6.45, 7) is 3.28. The Morgan fingerprint density at radius 1 is 0.971 bits per heavy atom. The number of aryl methyl sites for hydroxylation is 1. The number of carbonyl (C=O) groups excluding carboxylic acids is 3. The first-order valence-electron chi connectivity index (χ1n) is 12.2. The minimum Gasteiger partial charge on any atom is -0.322 e.